The number of carboxylic acids is 1. The van der Waals surface area contributed by atoms with Crippen molar-refractivity contribution >= 4 is 17.9 Å². The Labute approximate surface area is 104 Å². The van der Waals surface area contributed by atoms with Crippen LogP contribution in [0.4, 0.5) is 4.79 Å². The van der Waals surface area contributed by atoms with Gasteiger partial charge in [-0.25, -0.2) is 9.59 Å². The second-order valence-corrected chi connectivity index (χ2v) is 4.88. The molecule has 1 saturated heterocycles. The van der Waals surface area contributed by atoms with Gasteiger partial charge in [-0.05, 0) is 25.7 Å². The fourth-order valence-corrected chi connectivity index (χ4v) is 2.22. The Morgan fingerprint density at radius 2 is 2.11 bits per heavy atom. The summed E-state index contributed by atoms with van der Waals surface area (Å²) in [6, 6.07) is -0.605. The molecule has 4 N–H and O–H groups in total. The Morgan fingerprint density at radius 1 is 1.39 bits per heavy atom. The van der Waals surface area contributed by atoms with Crippen LogP contribution in [0.15, 0.2) is 0 Å². The van der Waals surface area contributed by atoms with Gasteiger partial charge >= 0.3 is 12.0 Å². The summed E-state index contributed by atoms with van der Waals surface area (Å²) < 4.78 is 0. The molecule has 0 aromatic heterocycles. The zero-order chi connectivity index (χ0) is 13.2. The molecule has 0 spiro atoms. The number of carbonyl (C=O) groups is 3. The minimum atomic E-state index is -1.10. The molecule has 2 rings (SSSR count). The van der Waals surface area contributed by atoms with Crippen LogP contribution in [-0.2, 0) is 9.59 Å². The van der Waals surface area contributed by atoms with Crippen molar-refractivity contribution in [2.24, 2.45) is 0 Å². The first-order valence-electron chi connectivity index (χ1n) is 6.11. The SMILES string of the molecule is O=C1CCC(NC(=O)NC2(C(=O)O)CCC2)CN1. The molecule has 7 nitrogen and oxygen atoms in total. The van der Waals surface area contributed by atoms with E-state index in [2.05, 4.69) is 16.0 Å². The van der Waals surface area contributed by atoms with Crippen molar-refractivity contribution in [1.82, 2.24) is 16.0 Å². The number of hydrogen-bond acceptors (Lipinski definition) is 3. The fourth-order valence-electron chi connectivity index (χ4n) is 2.22. The summed E-state index contributed by atoms with van der Waals surface area (Å²) in [6.45, 7) is 0.395. The van der Waals surface area contributed by atoms with Crippen molar-refractivity contribution in [2.45, 2.75) is 43.7 Å². The summed E-state index contributed by atoms with van der Waals surface area (Å²) in [5.41, 5.74) is -1.10. The number of urea groups is 1. The quantitative estimate of drug-likeness (QED) is 0.549. The number of nitrogens with one attached hydrogen (secondary N) is 3. The summed E-state index contributed by atoms with van der Waals surface area (Å²) in [5, 5.41) is 16.9. The Hall–Kier alpha value is -1.79. The van der Waals surface area contributed by atoms with E-state index in [-0.39, 0.29) is 11.9 Å². The Kier molecular flexibility index (Phi) is 3.40. The molecule has 1 aliphatic carbocycles. The number of hydrogen-bond donors (Lipinski definition) is 4. The van der Waals surface area contributed by atoms with Crippen molar-refractivity contribution in [1.29, 1.82) is 0 Å². The van der Waals surface area contributed by atoms with E-state index in [1.807, 2.05) is 0 Å². The highest BCUT2D eigenvalue weighted by atomic mass is 16.4. The number of amides is 3. The molecule has 2 aliphatic rings. The van der Waals surface area contributed by atoms with Crippen LogP contribution in [0.2, 0.25) is 0 Å². The lowest BCUT2D eigenvalue weighted by atomic mass is 9.77. The van der Waals surface area contributed by atoms with Crippen LogP contribution in [0.5, 0.6) is 0 Å². The largest absolute Gasteiger partial charge is 0.480 e. The van der Waals surface area contributed by atoms with E-state index in [0.29, 0.717) is 32.2 Å². The third-order valence-corrected chi connectivity index (χ3v) is 3.57. The maximum Gasteiger partial charge on any atom is 0.329 e. The van der Waals surface area contributed by atoms with Gasteiger partial charge in [-0.2, -0.15) is 0 Å². The maximum absolute atomic E-state index is 11.7. The molecule has 1 heterocycles. The molecule has 0 aromatic rings. The van der Waals surface area contributed by atoms with Gasteiger partial charge in [-0.3, -0.25) is 4.79 Å². The van der Waals surface area contributed by atoms with E-state index < -0.39 is 17.5 Å². The van der Waals surface area contributed by atoms with Crippen LogP contribution in [0.25, 0.3) is 0 Å². The zero-order valence-electron chi connectivity index (χ0n) is 9.99. The second kappa shape index (κ2) is 4.83. The summed E-state index contributed by atoms with van der Waals surface area (Å²) in [7, 11) is 0. The molecule has 2 fully saturated rings. The summed E-state index contributed by atoms with van der Waals surface area (Å²) in [6.07, 6.45) is 2.72. The van der Waals surface area contributed by atoms with Crippen LogP contribution < -0.4 is 16.0 Å². The predicted molar refractivity (Wildman–Crippen MR) is 61.9 cm³/mol. The van der Waals surface area contributed by atoms with E-state index in [4.69, 9.17) is 5.11 Å². The highest BCUT2D eigenvalue weighted by Crippen LogP contribution is 2.31. The number of carboxylic acid groups (broad SMARTS) is 1. The molecular weight excluding hydrogens is 238 g/mol. The lowest BCUT2D eigenvalue weighted by Gasteiger charge is -2.38. The van der Waals surface area contributed by atoms with Gasteiger partial charge in [0.05, 0.1) is 0 Å². The lowest BCUT2D eigenvalue weighted by Crippen LogP contribution is -2.62. The molecule has 18 heavy (non-hydrogen) atoms. The molecule has 0 radical (unpaired) electrons. The second-order valence-electron chi connectivity index (χ2n) is 4.88. The zero-order valence-corrected chi connectivity index (χ0v) is 9.99. The third-order valence-electron chi connectivity index (χ3n) is 3.57. The van der Waals surface area contributed by atoms with Gasteiger partial charge in [0, 0.05) is 19.0 Å². The summed E-state index contributed by atoms with van der Waals surface area (Å²) in [4.78, 5) is 33.7. The highest BCUT2D eigenvalue weighted by Gasteiger charge is 2.45. The van der Waals surface area contributed by atoms with Crippen molar-refractivity contribution in [3.8, 4) is 0 Å². The highest BCUT2D eigenvalue weighted by molar-refractivity contribution is 5.87. The van der Waals surface area contributed by atoms with Crippen LogP contribution in [0, 0.1) is 0 Å². The van der Waals surface area contributed by atoms with Gasteiger partial charge in [-0.1, -0.05) is 0 Å². The van der Waals surface area contributed by atoms with Gasteiger partial charge in [-0.15, -0.1) is 0 Å². The molecule has 1 atom stereocenters. The van der Waals surface area contributed by atoms with Gasteiger partial charge in [0.2, 0.25) is 5.91 Å². The number of carbonyl (C=O) groups excluding carboxylic acids is 2. The van der Waals surface area contributed by atoms with Gasteiger partial charge in [0.1, 0.15) is 5.54 Å². The lowest BCUT2D eigenvalue weighted by molar-refractivity contribution is -0.148. The molecule has 1 unspecified atom stereocenters. The molecular formula is C11H17N3O4. The molecule has 0 aromatic carbocycles. The van der Waals surface area contributed by atoms with E-state index in [0.717, 1.165) is 6.42 Å². The smallest absolute Gasteiger partial charge is 0.329 e. The van der Waals surface area contributed by atoms with E-state index in [9.17, 15) is 14.4 Å². The molecule has 3 amide bonds. The molecule has 7 heteroatoms. The fraction of sp³-hybridized carbons (Fsp3) is 0.727. The first-order chi connectivity index (χ1) is 8.52. The van der Waals surface area contributed by atoms with Gasteiger partial charge < -0.3 is 21.1 Å². The van der Waals surface area contributed by atoms with Crippen LogP contribution in [0.1, 0.15) is 32.1 Å². The normalized spacial score (nSPS) is 25.6. The Morgan fingerprint density at radius 3 is 2.56 bits per heavy atom. The first-order valence-corrected chi connectivity index (χ1v) is 6.11. The molecule has 1 saturated carbocycles. The van der Waals surface area contributed by atoms with Crippen LogP contribution in [-0.4, -0.2) is 41.1 Å². The average molecular weight is 255 g/mol. The number of piperidine rings is 1. The molecule has 0 bridgehead atoms. The number of rotatable bonds is 3. The van der Waals surface area contributed by atoms with Gasteiger partial charge in [0.25, 0.3) is 0 Å². The van der Waals surface area contributed by atoms with Crippen LogP contribution >= 0.6 is 0 Å². The predicted octanol–water partition coefficient (Wildman–Crippen LogP) is -0.428. The van der Waals surface area contributed by atoms with E-state index in [1.54, 1.807) is 0 Å². The van der Waals surface area contributed by atoms with Crippen molar-refractivity contribution in [2.75, 3.05) is 6.54 Å². The molecule has 1 aliphatic heterocycles. The molecule has 100 valence electrons. The summed E-state index contributed by atoms with van der Waals surface area (Å²) >= 11 is 0. The number of aliphatic carboxylic acids is 1. The monoisotopic (exact) mass is 255 g/mol. The Bertz CT molecular complexity index is 368. The van der Waals surface area contributed by atoms with Crippen molar-refractivity contribution < 1.29 is 19.5 Å². The minimum Gasteiger partial charge on any atom is -0.480 e. The Balaban J connectivity index is 1.81. The first kappa shape index (κ1) is 12.7. The van der Waals surface area contributed by atoms with Crippen LogP contribution in [0.3, 0.4) is 0 Å². The topological polar surface area (TPSA) is 108 Å². The van der Waals surface area contributed by atoms with E-state index in [1.165, 1.54) is 0 Å². The van der Waals surface area contributed by atoms with E-state index >= 15 is 0 Å². The maximum atomic E-state index is 11.7. The average Bonchev–Trinajstić information content (AvgIpc) is 2.26. The van der Waals surface area contributed by atoms with Crippen molar-refractivity contribution in [3.05, 3.63) is 0 Å². The summed E-state index contributed by atoms with van der Waals surface area (Å²) in [5.74, 6) is -1.00. The standard InChI is InChI=1S/C11H17N3O4/c15-8-3-2-7(6-12-8)13-10(18)14-11(9(16)17)4-1-5-11/h7H,1-6H2,(H,12,15)(H,16,17)(H2,13,14,18). The van der Waals surface area contributed by atoms with Crippen molar-refractivity contribution in [3.63, 3.8) is 0 Å². The third kappa shape index (κ3) is 2.55. The van der Waals surface area contributed by atoms with Gasteiger partial charge in [0.15, 0.2) is 0 Å². The minimum absolute atomic E-state index is 0.0190.